The minimum atomic E-state index is -1.05. The number of nitrogens with zero attached hydrogens (tertiary/aromatic N) is 6. The second-order valence-electron chi connectivity index (χ2n) is 12.3. The van der Waals surface area contributed by atoms with Gasteiger partial charge < -0.3 is 9.80 Å². The van der Waals surface area contributed by atoms with Crippen molar-refractivity contribution >= 4 is 40.4 Å². The molecule has 4 heterocycles. The molecule has 1 aromatic carbocycles. The van der Waals surface area contributed by atoms with E-state index in [0.29, 0.717) is 16.8 Å². The van der Waals surface area contributed by atoms with Crippen LogP contribution in [0.3, 0.4) is 0 Å². The van der Waals surface area contributed by atoms with Gasteiger partial charge in [0.25, 0.3) is 5.91 Å². The molecule has 0 N–H and O–H groups in total. The maximum Gasteiger partial charge on any atom is 0.355 e. The molecule has 1 fully saturated rings. The smallest absolute Gasteiger partial charge is 0.347 e. The zero-order chi connectivity index (χ0) is 35.2. The van der Waals surface area contributed by atoms with E-state index in [4.69, 9.17) is 19.3 Å². The van der Waals surface area contributed by atoms with Crippen molar-refractivity contribution < 1.29 is 16.3 Å². The quantitative estimate of drug-likeness (QED) is 0.194. The molecule has 5 rings (SSSR count). The van der Waals surface area contributed by atoms with Gasteiger partial charge in [-0.1, -0.05) is 70.6 Å². The second-order valence-corrected chi connectivity index (χ2v) is 12.7. The third-order valence-corrected chi connectivity index (χ3v) is 8.59. The van der Waals surface area contributed by atoms with Gasteiger partial charge in [-0.15, -0.1) is 0 Å². The maximum atomic E-state index is 15.6. The molecule has 0 radical (unpaired) electrons. The zero-order valence-electron chi connectivity index (χ0n) is 28.6. The van der Waals surface area contributed by atoms with E-state index in [0.717, 1.165) is 5.56 Å². The van der Waals surface area contributed by atoms with Gasteiger partial charge >= 0.3 is 5.69 Å². The fourth-order valence-corrected chi connectivity index (χ4v) is 6.53. The van der Waals surface area contributed by atoms with Crippen molar-refractivity contribution in [3.05, 3.63) is 93.6 Å². The van der Waals surface area contributed by atoms with Crippen molar-refractivity contribution in [3.63, 3.8) is 0 Å². The van der Waals surface area contributed by atoms with Crippen LogP contribution in [0.15, 0.2) is 60.3 Å². The fraction of sp³-hybridized carbons (Fsp3) is 0.343. The highest BCUT2D eigenvalue weighted by molar-refractivity contribution is 6.34. The van der Waals surface area contributed by atoms with Crippen molar-refractivity contribution in [2.24, 2.45) is 0 Å². The van der Waals surface area contributed by atoms with Crippen LogP contribution in [0.2, 0.25) is 5.02 Å². The van der Waals surface area contributed by atoms with Crippen LogP contribution in [0, 0.1) is 5.82 Å². The minimum Gasteiger partial charge on any atom is -0.347 e. The van der Waals surface area contributed by atoms with Gasteiger partial charge in [0, 0.05) is 36.9 Å². The predicted octanol–water partition coefficient (Wildman–Crippen LogP) is 7.43. The molecule has 1 amide bonds. The number of piperazine rings is 1. The maximum absolute atomic E-state index is 15.6. The number of halogens is 3. The standard InChI is InChI=1S/C35H37ClF2N6O2/c1-9-23-11-10-12-27(38)28(23)30-26(36)15-25-32(40-30)44(31-24(18(2)3)13-14-39-29(31)19(4)5)35(46)41-33(25)43-20(6)16-42(17-21(43)7)34(45)22(8)37/h9-15,18-21H,1,8,16-17H2,2-7H3/t20-,21-/m0/s1/i1D2. The highest BCUT2D eigenvalue weighted by Gasteiger charge is 2.36. The van der Waals surface area contributed by atoms with Crippen LogP contribution in [0.5, 0.6) is 0 Å². The van der Waals surface area contributed by atoms with Crippen molar-refractivity contribution in [1.82, 2.24) is 24.4 Å². The van der Waals surface area contributed by atoms with Crippen LogP contribution in [-0.2, 0) is 4.79 Å². The summed E-state index contributed by atoms with van der Waals surface area (Å²) >= 11 is 6.91. The summed E-state index contributed by atoms with van der Waals surface area (Å²) < 4.78 is 46.3. The molecular formula is C35H37ClF2N6O2. The first kappa shape index (κ1) is 30.2. The lowest BCUT2D eigenvalue weighted by molar-refractivity contribution is -0.129. The van der Waals surface area contributed by atoms with Gasteiger partial charge in [-0.3, -0.25) is 9.78 Å². The van der Waals surface area contributed by atoms with Crippen LogP contribution in [0.4, 0.5) is 14.6 Å². The zero-order valence-corrected chi connectivity index (χ0v) is 27.4. The Morgan fingerprint density at radius 1 is 1.13 bits per heavy atom. The first-order chi connectivity index (χ1) is 22.6. The normalized spacial score (nSPS) is 17.4. The van der Waals surface area contributed by atoms with E-state index in [1.807, 2.05) is 52.5 Å². The first-order valence-electron chi connectivity index (χ1n) is 16.1. The molecule has 0 unspecified atom stereocenters. The van der Waals surface area contributed by atoms with Crippen LogP contribution in [0.25, 0.3) is 34.1 Å². The van der Waals surface area contributed by atoms with Crippen LogP contribution >= 0.6 is 11.6 Å². The van der Waals surface area contributed by atoms with E-state index >= 15 is 4.39 Å². The number of hydrogen-bond acceptors (Lipinski definition) is 6. The molecule has 8 nitrogen and oxygen atoms in total. The molecule has 4 aromatic rings. The first-order valence-corrected chi connectivity index (χ1v) is 15.5. The number of aromatic nitrogens is 4. The van der Waals surface area contributed by atoms with Crippen molar-refractivity contribution in [2.75, 3.05) is 18.0 Å². The summed E-state index contributed by atoms with van der Waals surface area (Å²) in [4.78, 5) is 44.3. The van der Waals surface area contributed by atoms with Gasteiger partial charge in [0.05, 0.1) is 30.2 Å². The van der Waals surface area contributed by atoms with Gasteiger partial charge in [-0.2, -0.15) is 4.98 Å². The third kappa shape index (κ3) is 5.70. The average Bonchev–Trinajstić information content (AvgIpc) is 3.00. The lowest BCUT2D eigenvalue weighted by Gasteiger charge is -2.45. The Labute approximate surface area is 274 Å². The Balaban J connectivity index is 1.89. The van der Waals surface area contributed by atoms with Crippen molar-refractivity contribution in [3.8, 4) is 16.9 Å². The number of anilines is 1. The fourth-order valence-electron chi connectivity index (χ4n) is 6.29. The molecule has 0 aliphatic carbocycles. The largest absolute Gasteiger partial charge is 0.355 e. The highest BCUT2D eigenvalue weighted by atomic mass is 35.5. The topological polar surface area (TPSA) is 84.2 Å². The van der Waals surface area contributed by atoms with Gasteiger partial charge in [-0.25, -0.2) is 23.1 Å². The molecule has 0 bridgehead atoms. The number of hydrogen-bond donors (Lipinski definition) is 0. The number of fused-ring (bicyclic) bond motifs is 1. The summed E-state index contributed by atoms with van der Waals surface area (Å²) in [5.74, 6) is -2.40. The molecule has 46 heavy (non-hydrogen) atoms. The molecule has 0 saturated carbocycles. The van der Waals surface area contributed by atoms with E-state index in [2.05, 4.69) is 16.5 Å². The second kappa shape index (κ2) is 12.7. The SMILES string of the molecule is [2H]C([2H])=Cc1cccc(F)c1-c1nc2c(cc1Cl)c(N1[C@@H](C)CN(C(=O)C(=C)F)C[C@@H]1C)nc(=O)n2-c1c(C(C)C)ccnc1C(C)C. The average molecular weight is 649 g/mol. The van der Waals surface area contributed by atoms with Crippen molar-refractivity contribution in [2.45, 2.75) is 65.5 Å². The van der Waals surface area contributed by atoms with Gasteiger partial charge in [0.2, 0.25) is 0 Å². The number of pyridine rings is 2. The van der Waals surface area contributed by atoms with E-state index in [1.54, 1.807) is 18.3 Å². The van der Waals surface area contributed by atoms with E-state index < -0.39 is 41.9 Å². The molecular weight excluding hydrogens is 610 g/mol. The van der Waals surface area contributed by atoms with Crippen LogP contribution in [0.1, 0.15) is 72.9 Å². The number of benzene rings is 1. The molecule has 11 heteroatoms. The van der Waals surface area contributed by atoms with E-state index in [9.17, 15) is 14.0 Å². The molecule has 1 saturated heterocycles. The number of carbonyl (C=O) groups is 1. The lowest BCUT2D eigenvalue weighted by Crippen LogP contribution is -2.59. The Hall–Kier alpha value is -4.44. The molecule has 240 valence electrons. The molecule has 1 aliphatic heterocycles. The summed E-state index contributed by atoms with van der Waals surface area (Å²) in [7, 11) is 0. The summed E-state index contributed by atoms with van der Waals surface area (Å²) in [6, 6.07) is 6.86. The molecule has 0 spiro atoms. The number of carbonyl (C=O) groups excluding carboxylic acids is 1. The Morgan fingerprint density at radius 2 is 1.83 bits per heavy atom. The third-order valence-electron chi connectivity index (χ3n) is 8.30. The Bertz CT molecular complexity index is 1990. The van der Waals surface area contributed by atoms with E-state index in [-0.39, 0.29) is 58.2 Å². The van der Waals surface area contributed by atoms with Crippen LogP contribution < -0.4 is 10.6 Å². The summed E-state index contributed by atoms with van der Waals surface area (Å²) in [5.41, 5.74) is 1.68. The number of amides is 1. The summed E-state index contributed by atoms with van der Waals surface area (Å²) in [6.07, 6.45) is 2.89. The van der Waals surface area contributed by atoms with Gasteiger partial charge in [0.1, 0.15) is 11.6 Å². The molecule has 3 aromatic heterocycles. The minimum absolute atomic E-state index is 0.0131. The Kier molecular flexibility index (Phi) is 8.38. The van der Waals surface area contributed by atoms with E-state index in [1.165, 1.54) is 27.7 Å². The highest BCUT2D eigenvalue weighted by Crippen LogP contribution is 2.39. The Morgan fingerprint density at radius 3 is 2.43 bits per heavy atom. The van der Waals surface area contributed by atoms with Gasteiger partial charge in [-0.05, 0) is 55.0 Å². The summed E-state index contributed by atoms with van der Waals surface area (Å²) in [6.45, 7) is 14.5. The molecule has 1 aliphatic rings. The number of rotatable bonds is 7. The predicted molar refractivity (Wildman–Crippen MR) is 180 cm³/mol. The monoisotopic (exact) mass is 648 g/mol. The van der Waals surface area contributed by atoms with Crippen molar-refractivity contribution in [1.29, 1.82) is 0 Å². The lowest BCUT2D eigenvalue weighted by atomic mass is 9.97. The van der Waals surface area contributed by atoms with Crippen LogP contribution in [-0.4, -0.2) is 55.5 Å². The van der Waals surface area contributed by atoms with Gasteiger partial charge in [0.15, 0.2) is 11.5 Å². The molecule has 2 atom stereocenters. The summed E-state index contributed by atoms with van der Waals surface area (Å²) in [5, 5.41) is 0.439.